The molecule has 0 aliphatic rings. The average Bonchev–Trinajstić information content (AvgIpc) is 2.84. The molecule has 1 aromatic carbocycles. The number of anilines is 1. The lowest BCUT2D eigenvalue weighted by Gasteiger charge is -2.13. The summed E-state index contributed by atoms with van der Waals surface area (Å²) in [5, 5.41) is 7.51. The number of aromatic nitrogens is 2. The van der Waals surface area contributed by atoms with Gasteiger partial charge in [-0.3, -0.25) is 4.68 Å². The minimum atomic E-state index is -0.220. The summed E-state index contributed by atoms with van der Waals surface area (Å²) in [7, 11) is 1.66. The second kappa shape index (κ2) is 6.33. The summed E-state index contributed by atoms with van der Waals surface area (Å²) in [5.74, 6) is -0.220. The van der Waals surface area contributed by atoms with Gasteiger partial charge in [0.05, 0.1) is 25.0 Å². The highest BCUT2D eigenvalue weighted by molar-refractivity contribution is 5.41. The van der Waals surface area contributed by atoms with E-state index in [-0.39, 0.29) is 11.9 Å². The largest absolute Gasteiger partial charge is 0.383 e. The van der Waals surface area contributed by atoms with Crippen LogP contribution in [-0.4, -0.2) is 23.5 Å². The first-order valence-electron chi connectivity index (χ1n) is 6.22. The quantitative estimate of drug-likeness (QED) is 0.871. The lowest BCUT2D eigenvalue weighted by Crippen LogP contribution is -2.07. The van der Waals surface area contributed by atoms with Crippen LogP contribution in [0.1, 0.15) is 18.5 Å². The van der Waals surface area contributed by atoms with Gasteiger partial charge in [-0.15, -0.1) is 0 Å². The summed E-state index contributed by atoms with van der Waals surface area (Å²) in [6.45, 7) is 3.33. The molecule has 0 amide bonds. The molecule has 19 heavy (non-hydrogen) atoms. The van der Waals surface area contributed by atoms with Crippen molar-refractivity contribution in [2.24, 2.45) is 0 Å². The Bertz CT molecular complexity index is 527. The van der Waals surface area contributed by atoms with E-state index in [4.69, 9.17) is 4.74 Å². The molecule has 0 saturated heterocycles. The highest BCUT2D eigenvalue weighted by atomic mass is 19.1. The minimum absolute atomic E-state index is 0.0239. The van der Waals surface area contributed by atoms with E-state index in [9.17, 15) is 4.39 Å². The molecule has 0 radical (unpaired) electrons. The van der Waals surface area contributed by atoms with Crippen LogP contribution >= 0.6 is 0 Å². The predicted molar refractivity (Wildman–Crippen MR) is 72.5 cm³/mol. The summed E-state index contributed by atoms with van der Waals surface area (Å²) in [5.41, 5.74) is 1.82. The van der Waals surface area contributed by atoms with Crippen LogP contribution in [0.4, 0.5) is 10.1 Å². The molecule has 4 nitrogen and oxygen atoms in total. The van der Waals surface area contributed by atoms with E-state index in [2.05, 4.69) is 10.4 Å². The van der Waals surface area contributed by atoms with Crippen LogP contribution in [0.5, 0.6) is 0 Å². The van der Waals surface area contributed by atoms with Crippen molar-refractivity contribution < 1.29 is 9.13 Å². The molecular weight excluding hydrogens is 245 g/mol. The zero-order valence-corrected chi connectivity index (χ0v) is 11.1. The standard InChI is InChI=1S/C14H18FN3O/c1-11(12-4-3-5-13(15)8-12)17-14-9-16-18(10-14)6-7-19-2/h3-5,8-11,17H,6-7H2,1-2H3. The Kier molecular flexibility index (Phi) is 4.52. The number of methoxy groups -OCH3 is 1. The first kappa shape index (κ1) is 13.5. The summed E-state index contributed by atoms with van der Waals surface area (Å²) < 4.78 is 20.0. The summed E-state index contributed by atoms with van der Waals surface area (Å²) >= 11 is 0. The Balaban J connectivity index is 1.98. The normalized spacial score (nSPS) is 12.4. The Hall–Kier alpha value is -1.88. The van der Waals surface area contributed by atoms with Crippen LogP contribution < -0.4 is 5.32 Å². The summed E-state index contributed by atoms with van der Waals surface area (Å²) in [6, 6.07) is 6.61. The van der Waals surface area contributed by atoms with Crippen molar-refractivity contribution in [1.29, 1.82) is 0 Å². The highest BCUT2D eigenvalue weighted by Gasteiger charge is 2.07. The second-order valence-electron chi connectivity index (χ2n) is 4.41. The van der Waals surface area contributed by atoms with Crippen LogP contribution in [0.3, 0.4) is 0 Å². The third-order valence-corrected chi connectivity index (χ3v) is 2.89. The number of ether oxygens (including phenoxy) is 1. The third kappa shape index (κ3) is 3.79. The van der Waals surface area contributed by atoms with Crippen molar-refractivity contribution >= 4 is 5.69 Å². The molecule has 0 aliphatic carbocycles. The lowest BCUT2D eigenvalue weighted by atomic mass is 10.1. The fourth-order valence-corrected chi connectivity index (χ4v) is 1.85. The van der Waals surface area contributed by atoms with Gasteiger partial charge < -0.3 is 10.1 Å². The molecule has 2 rings (SSSR count). The SMILES string of the molecule is COCCn1cc(NC(C)c2cccc(F)c2)cn1. The van der Waals surface area contributed by atoms with Crippen LogP contribution in [0.25, 0.3) is 0 Å². The lowest BCUT2D eigenvalue weighted by molar-refractivity contribution is 0.183. The van der Waals surface area contributed by atoms with Gasteiger partial charge >= 0.3 is 0 Å². The molecule has 1 unspecified atom stereocenters. The summed E-state index contributed by atoms with van der Waals surface area (Å²) in [4.78, 5) is 0. The third-order valence-electron chi connectivity index (χ3n) is 2.89. The molecule has 102 valence electrons. The van der Waals surface area contributed by atoms with Crippen LogP contribution in [0.15, 0.2) is 36.7 Å². The van der Waals surface area contributed by atoms with Crippen molar-refractivity contribution in [2.45, 2.75) is 19.5 Å². The van der Waals surface area contributed by atoms with Gasteiger partial charge in [0.25, 0.3) is 0 Å². The van der Waals surface area contributed by atoms with Gasteiger partial charge in [-0.25, -0.2) is 4.39 Å². The van der Waals surface area contributed by atoms with Gasteiger partial charge in [-0.05, 0) is 24.6 Å². The maximum atomic E-state index is 13.2. The molecule has 0 fully saturated rings. The zero-order chi connectivity index (χ0) is 13.7. The van der Waals surface area contributed by atoms with E-state index in [0.717, 1.165) is 11.3 Å². The Morgan fingerprint density at radius 1 is 1.47 bits per heavy atom. The molecular formula is C14H18FN3O. The van der Waals surface area contributed by atoms with Crippen LogP contribution in [0, 0.1) is 5.82 Å². The van der Waals surface area contributed by atoms with E-state index in [0.29, 0.717) is 13.2 Å². The van der Waals surface area contributed by atoms with Crippen LogP contribution in [-0.2, 0) is 11.3 Å². The van der Waals surface area contributed by atoms with Crippen molar-refractivity contribution in [3.8, 4) is 0 Å². The maximum Gasteiger partial charge on any atom is 0.123 e. The molecule has 0 aliphatic heterocycles. The molecule has 1 heterocycles. The van der Waals surface area contributed by atoms with Crippen LogP contribution in [0.2, 0.25) is 0 Å². The Morgan fingerprint density at radius 3 is 3.05 bits per heavy atom. The fourth-order valence-electron chi connectivity index (χ4n) is 1.85. The smallest absolute Gasteiger partial charge is 0.123 e. The van der Waals surface area contributed by atoms with Crippen molar-refractivity contribution in [3.63, 3.8) is 0 Å². The first-order chi connectivity index (χ1) is 9.19. The fraction of sp³-hybridized carbons (Fsp3) is 0.357. The number of halogens is 1. The van der Waals surface area contributed by atoms with E-state index < -0.39 is 0 Å². The summed E-state index contributed by atoms with van der Waals surface area (Å²) in [6.07, 6.45) is 3.67. The molecule has 0 spiro atoms. The number of benzene rings is 1. The van der Waals surface area contributed by atoms with E-state index >= 15 is 0 Å². The maximum absolute atomic E-state index is 13.2. The zero-order valence-electron chi connectivity index (χ0n) is 11.1. The molecule has 5 heteroatoms. The van der Waals surface area contributed by atoms with Gasteiger partial charge in [0, 0.05) is 19.3 Å². The van der Waals surface area contributed by atoms with E-state index in [1.807, 2.05) is 23.9 Å². The van der Waals surface area contributed by atoms with Gasteiger partial charge in [-0.2, -0.15) is 5.10 Å². The number of hydrogen-bond acceptors (Lipinski definition) is 3. The molecule has 0 saturated carbocycles. The second-order valence-corrected chi connectivity index (χ2v) is 4.41. The van der Waals surface area contributed by atoms with Gasteiger partial charge in [0.2, 0.25) is 0 Å². The number of nitrogens with zero attached hydrogens (tertiary/aromatic N) is 2. The highest BCUT2D eigenvalue weighted by Crippen LogP contribution is 2.19. The molecule has 1 aromatic heterocycles. The Labute approximate surface area is 112 Å². The first-order valence-corrected chi connectivity index (χ1v) is 6.22. The van der Waals surface area contributed by atoms with Gasteiger partial charge in [0.15, 0.2) is 0 Å². The van der Waals surface area contributed by atoms with Gasteiger partial charge in [-0.1, -0.05) is 12.1 Å². The number of rotatable bonds is 6. The average molecular weight is 263 g/mol. The molecule has 0 bridgehead atoms. The topological polar surface area (TPSA) is 39.1 Å². The predicted octanol–water partition coefficient (Wildman–Crippen LogP) is 2.84. The number of hydrogen-bond donors (Lipinski definition) is 1. The van der Waals surface area contributed by atoms with Gasteiger partial charge in [0.1, 0.15) is 5.82 Å². The van der Waals surface area contributed by atoms with Crippen molar-refractivity contribution in [1.82, 2.24) is 9.78 Å². The van der Waals surface area contributed by atoms with E-state index in [1.54, 1.807) is 19.4 Å². The van der Waals surface area contributed by atoms with E-state index in [1.165, 1.54) is 12.1 Å². The number of nitrogens with one attached hydrogen (secondary N) is 1. The minimum Gasteiger partial charge on any atom is -0.383 e. The van der Waals surface area contributed by atoms with Crippen molar-refractivity contribution in [3.05, 3.63) is 48.0 Å². The monoisotopic (exact) mass is 263 g/mol. The molecule has 1 atom stereocenters. The Morgan fingerprint density at radius 2 is 2.32 bits per heavy atom. The molecule has 2 aromatic rings. The molecule has 1 N–H and O–H groups in total. The van der Waals surface area contributed by atoms with Crippen molar-refractivity contribution in [2.75, 3.05) is 19.0 Å².